The predicted octanol–water partition coefficient (Wildman–Crippen LogP) is 3.36. The van der Waals surface area contributed by atoms with Crippen molar-refractivity contribution in [3.05, 3.63) is 28.9 Å². The zero-order chi connectivity index (χ0) is 9.42. The first-order chi connectivity index (χ1) is 6.22. The molecule has 1 aromatic carbocycles. The Bertz CT molecular complexity index is 447. The molecule has 13 heavy (non-hydrogen) atoms. The topological polar surface area (TPSA) is 9.23 Å². The van der Waals surface area contributed by atoms with Gasteiger partial charge in [-0.05, 0) is 24.6 Å². The van der Waals surface area contributed by atoms with E-state index < -0.39 is 0 Å². The molecule has 0 aliphatic rings. The van der Waals surface area contributed by atoms with E-state index in [9.17, 15) is 4.39 Å². The molecular formula is C10H9FOS. The van der Waals surface area contributed by atoms with Crippen LogP contribution in [0.5, 0.6) is 5.75 Å². The first-order valence-electron chi connectivity index (χ1n) is 3.95. The molecule has 0 saturated carbocycles. The molecule has 3 heteroatoms. The molecule has 0 unspecified atom stereocenters. The summed E-state index contributed by atoms with van der Waals surface area (Å²) in [7, 11) is 1.60. The fourth-order valence-electron chi connectivity index (χ4n) is 1.38. The summed E-state index contributed by atoms with van der Waals surface area (Å²) in [5.74, 6) is 0.737. The molecule has 0 saturated heterocycles. The number of benzene rings is 1. The molecule has 2 aromatic rings. The van der Waals surface area contributed by atoms with E-state index in [1.54, 1.807) is 7.11 Å². The molecule has 0 N–H and O–H groups in total. The lowest BCUT2D eigenvalue weighted by Gasteiger charge is -2.02. The molecule has 0 aliphatic heterocycles. The third-order valence-electron chi connectivity index (χ3n) is 2.03. The Hall–Kier alpha value is -1.09. The summed E-state index contributed by atoms with van der Waals surface area (Å²) in [5, 5.41) is 0.701. The number of rotatable bonds is 1. The number of thiophene rings is 1. The van der Waals surface area contributed by atoms with E-state index in [4.69, 9.17) is 4.74 Å². The number of halogens is 1. The Morgan fingerprint density at radius 1 is 1.38 bits per heavy atom. The summed E-state index contributed by atoms with van der Waals surface area (Å²) in [5.41, 5.74) is 1.09. The van der Waals surface area contributed by atoms with Crippen LogP contribution in [0.25, 0.3) is 10.1 Å². The largest absolute Gasteiger partial charge is 0.496 e. The minimum absolute atomic E-state index is 0.164. The molecule has 2 rings (SSSR count). The normalized spacial score (nSPS) is 10.7. The van der Waals surface area contributed by atoms with Crippen LogP contribution in [0.15, 0.2) is 18.2 Å². The highest BCUT2D eigenvalue weighted by atomic mass is 32.1. The quantitative estimate of drug-likeness (QED) is 0.679. The van der Waals surface area contributed by atoms with Gasteiger partial charge in [0.05, 0.1) is 7.11 Å². The smallest absolute Gasteiger partial charge is 0.177 e. The van der Waals surface area contributed by atoms with E-state index in [1.165, 1.54) is 6.07 Å². The fourth-order valence-corrected chi connectivity index (χ4v) is 2.25. The number of fused-ring (bicyclic) bond motifs is 1. The first kappa shape index (κ1) is 8.51. The predicted molar refractivity (Wildman–Crippen MR) is 53.1 cm³/mol. The molecule has 0 atom stereocenters. The molecule has 0 fully saturated rings. The van der Waals surface area contributed by atoms with E-state index in [0.29, 0.717) is 0 Å². The molecule has 68 valence electrons. The van der Waals surface area contributed by atoms with Crippen molar-refractivity contribution in [2.75, 3.05) is 7.11 Å². The van der Waals surface area contributed by atoms with Crippen LogP contribution in [0.3, 0.4) is 0 Å². The molecule has 0 spiro atoms. The molecule has 0 radical (unpaired) electrons. The van der Waals surface area contributed by atoms with Gasteiger partial charge in [-0.1, -0.05) is 6.07 Å². The Kier molecular flexibility index (Phi) is 1.96. The molecule has 0 aliphatic carbocycles. The maximum atomic E-state index is 13.0. The van der Waals surface area contributed by atoms with E-state index in [0.717, 1.165) is 32.7 Å². The van der Waals surface area contributed by atoms with Gasteiger partial charge in [0, 0.05) is 10.1 Å². The van der Waals surface area contributed by atoms with Crippen molar-refractivity contribution in [1.29, 1.82) is 0 Å². The van der Waals surface area contributed by atoms with Crippen LogP contribution in [0, 0.1) is 12.1 Å². The van der Waals surface area contributed by atoms with Crippen molar-refractivity contribution >= 4 is 21.4 Å². The standard InChI is InChI=1S/C10H9FOS/c1-6-3-4-8(12-2)7-5-9(11)13-10(6)7/h3-5H,1-2H3. The molecular weight excluding hydrogens is 187 g/mol. The summed E-state index contributed by atoms with van der Waals surface area (Å²) in [6.07, 6.45) is 0. The second-order valence-corrected chi connectivity index (χ2v) is 3.88. The van der Waals surface area contributed by atoms with Crippen molar-refractivity contribution in [3.63, 3.8) is 0 Å². The lowest BCUT2D eigenvalue weighted by atomic mass is 10.2. The highest BCUT2D eigenvalue weighted by Gasteiger charge is 2.08. The van der Waals surface area contributed by atoms with Gasteiger partial charge in [-0.2, -0.15) is 4.39 Å². The lowest BCUT2D eigenvalue weighted by Crippen LogP contribution is -1.83. The van der Waals surface area contributed by atoms with E-state index in [-0.39, 0.29) is 5.13 Å². The van der Waals surface area contributed by atoms with Crippen LogP contribution in [0.2, 0.25) is 0 Å². The molecule has 0 amide bonds. The van der Waals surface area contributed by atoms with Crippen molar-refractivity contribution in [3.8, 4) is 5.75 Å². The maximum Gasteiger partial charge on any atom is 0.177 e. The van der Waals surface area contributed by atoms with Gasteiger partial charge >= 0.3 is 0 Å². The van der Waals surface area contributed by atoms with Crippen LogP contribution in [0.4, 0.5) is 4.39 Å². The summed E-state index contributed by atoms with van der Waals surface area (Å²) in [4.78, 5) is 0. The first-order valence-corrected chi connectivity index (χ1v) is 4.76. The van der Waals surface area contributed by atoms with Gasteiger partial charge in [-0.15, -0.1) is 11.3 Å². The Morgan fingerprint density at radius 2 is 2.15 bits per heavy atom. The second kappa shape index (κ2) is 3.00. The number of methoxy groups -OCH3 is 1. The molecule has 1 aromatic heterocycles. The average Bonchev–Trinajstić information content (AvgIpc) is 2.48. The van der Waals surface area contributed by atoms with Gasteiger partial charge in [0.1, 0.15) is 5.75 Å². The van der Waals surface area contributed by atoms with Gasteiger partial charge < -0.3 is 4.74 Å². The van der Waals surface area contributed by atoms with Gasteiger partial charge in [-0.3, -0.25) is 0 Å². The SMILES string of the molecule is COc1ccc(C)c2sc(F)cc12. The Morgan fingerprint density at radius 3 is 2.85 bits per heavy atom. The van der Waals surface area contributed by atoms with Crippen LogP contribution in [-0.2, 0) is 0 Å². The third kappa shape index (κ3) is 1.29. The minimum Gasteiger partial charge on any atom is -0.496 e. The van der Waals surface area contributed by atoms with Crippen molar-refractivity contribution < 1.29 is 9.13 Å². The zero-order valence-corrected chi connectivity index (χ0v) is 8.24. The van der Waals surface area contributed by atoms with Crippen LogP contribution >= 0.6 is 11.3 Å². The Labute approximate surface area is 79.8 Å². The van der Waals surface area contributed by atoms with Crippen molar-refractivity contribution in [2.45, 2.75) is 6.92 Å². The van der Waals surface area contributed by atoms with Crippen molar-refractivity contribution in [1.82, 2.24) is 0 Å². The molecule has 0 bridgehead atoms. The highest BCUT2D eigenvalue weighted by Crippen LogP contribution is 2.34. The fraction of sp³-hybridized carbons (Fsp3) is 0.200. The summed E-state index contributed by atoms with van der Waals surface area (Å²) >= 11 is 1.16. The van der Waals surface area contributed by atoms with Crippen molar-refractivity contribution in [2.24, 2.45) is 0 Å². The van der Waals surface area contributed by atoms with Gasteiger partial charge in [0.2, 0.25) is 0 Å². The van der Waals surface area contributed by atoms with Crippen LogP contribution < -0.4 is 4.74 Å². The monoisotopic (exact) mass is 196 g/mol. The summed E-state index contributed by atoms with van der Waals surface area (Å²) < 4.78 is 19.1. The van der Waals surface area contributed by atoms with Crippen LogP contribution in [-0.4, -0.2) is 7.11 Å². The number of ether oxygens (including phenoxy) is 1. The summed E-state index contributed by atoms with van der Waals surface area (Å²) in [6, 6.07) is 5.33. The van der Waals surface area contributed by atoms with Crippen LogP contribution in [0.1, 0.15) is 5.56 Å². The van der Waals surface area contributed by atoms with E-state index in [1.807, 2.05) is 19.1 Å². The van der Waals surface area contributed by atoms with Gasteiger partial charge in [0.25, 0.3) is 0 Å². The van der Waals surface area contributed by atoms with E-state index in [2.05, 4.69) is 0 Å². The number of hydrogen-bond acceptors (Lipinski definition) is 2. The molecule has 1 heterocycles. The molecule has 1 nitrogen and oxygen atoms in total. The second-order valence-electron chi connectivity index (χ2n) is 2.88. The number of aryl methyl sites for hydroxylation is 1. The maximum absolute atomic E-state index is 13.0. The minimum atomic E-state index is -0.164. The number of hydrogen-bond donors (Lipinski definition) is 0. The third-order valence-corrected chi connectivity index (χ3v) is 3.09. The van der Waals surface area contributed by atoms with Gasteiger partial charge in [0.15, 0.2) is 5.13 Å². The Balaban J connectivity index is 2.83. The summed E-state index contributed by atoms with van der Waals surface area (Å²) in [6.45, 7) is 1.97. The average molecular weight is 196 g/mol. The zero-order valence-electron chi connectivity index (χ0n) is 7.43. The lowest BCUT2D eigenvalue weighted by molar-refractivity contribution is 0.419. The van der Waals surface area contributed by atoms with E-state index >= 15 is 0 Å². The highest BCUT2D eigenvalue weighted by molar-refractivity contribution is 7.17. The van der Waals surface area contributed by atoms with Gasteiger partial charge in [-0.25, -0.2) is 0 Å².